The van der Waals surface area contributed by atoms with Crippen molar-refractivity contribution in [1.82, 2.24) is 9.88 Å². The third-order valence-corrected chi connectivity index (χ3v) is 9.28. The van der Waals surface area contributed by atoms with Crippen LogP contribution in [0.3, 0.4) is 0 Å². The molecule has 0 spiro atoms. The summed E-state index contributed by atoms with van der Waals surface area (Å²) in [5.41, 5.74) is 2.07. The van der Waals surface area contributed by atoms with Crippen LogP contribution in [0.1, 0.15) is 29.8 Å². The highest BCUT2D eigenvalue weighted by Crippen LogP contribution is 2.34. The fourth-order valence-electron chi connectivity index (χ4n) is 3.84. The molecule has 1 aromatic heterocycles. The number of morpholine rings is 1. The number of carbonyl (C=O) groups excluding carboxylic acids is 1. The molecule has 35 heavy (non-hydrogen) atoms. The van der Waals surface area contributed by atoms with Gasteiger partial charge in [-0.1, -0.05) is 29.0 Å². The van der Waals surface area contributed by atoms with Crippen molar-refractivity contribution in [2.45, 2.75) is 30.9 Å². The number of benzene rings is 2. The van der Waals surface area contributed by atoms with Crippen LogP contribution in [-0.4, -0.2) is 68.9 Å². The smallest absolute Gasteiger partial charge is 0.260 e. The van der Waals surface area contributed by atoms with E-state index in [1.165, 1.54) is 23.5 Å². The number of carbonyl (C=O) groups is 1. The number of thiazole rings is 1. The van der Waals surface area contributed by atoms with Gasteiger partial charge in [0.15, 0.2) is 15.0 Å². The summed E-state index contributed by atoms with van der Waals surface area (Å²) in [7, 11) is -3.50. The lowest BCUT2D eigenvalue weighted by atomic mass is 10.2. The molecule has 0 aliphatic carbocycles. The van der Waals surface area contributed by atoms with E-state index in [0.717, 1.165) is 28.9 Å². The molecule has 1 saturated heterocycles. The summed E-state index contributed by atoms with van der Waals surface area (Å²) in [6.45, 7) is 9.24. The van der Waals surface area contributed by atoms with Crippen molar-refractivity contribution in [2.75, 3.05) is 44.3 Å². The summed E-state index contributed by atoms with van der Waals surface area (Å²) in [6, 6.07) is 9.98. The van der Waals surface area contributed by atoms with Gasteiger partial charge in [-0.15, -0.1) is 12.4 Å². The van der Waals surface area contributed by atoms with Crippen LogP contribution < -0.4 is 4.90 Å². The Morgan fingerprint density at radius 3 is 2.63 bits per heavy atom. The molecule has 190 valence electrons. The molecule has 2 heterocycles. The maximum absolute atomic E-state index is 13.7. The summed E-state index contributed by atoms with van der Waals surface area (Å²) >= 11 is 7.65. The van der Waals surface area contributed by atoms with Crippen LogP contribution >= 0.6 is 35.3 Å². The molecule has 0 radical (unpaired) electrons. The Kier molecular flexibility index (Phi) is 9.17. The molecule has 1 aliphatic heterocycles. The topological polar surface area (TPSA) is 79.8 Å². The van der Waals surface area contributed by atoms with E-state index in [2.05, 4.69) is 4.90 Å². The lowest BCUT2D eigenvalue weighted by molar-refractivity contribution is 0.0391. The lowest BCUT2D eigenvalue weighted by Gasteiger charge is -2.29. The zero-order chi connectivity index (χ0) is 24.5. The van der Waals surface area contributed by atoms with Gasteiger partial charge in [-0.2, -0.15) is 0 Å². The van der Waals surface area contributed by atoms with Crippen LogP contribution in [0.2, 0.25) is 5.02 Å². The maximum Gasteiger partial charge on any atom is 0.260 e. The van der Waals surface area contributed by atoms with Crippen LogP contribution in [0.25, 0.3) is 10.2 Å². The molecular weight excluding hydrogens is 529 g/mol. The van der Waals surface area contributed by atoms with Crippen LogP contribution in [0, 0.1) is 6.92 Å². The van der Waals surface area contributed by atoms with Gasteiger partial charge >= 0.3 is 0 Å². The van der Waals surface area contributed by atoms with Crippen molar-refractivity contribution in [1.29, 1.82) is 0 Å². The first-order chi connectivity index (χ1) is 16.2. The highest BCUT2D eigenvalue weighted by molar-refractivity contribution is 7.92. The largest absolute Gasteiger partial charge is 0.379 e. The molecule has 1 amide bonds. The Hall–Kier alpha value is -1.75. The van der Waals surface area contributed by atoms with Crippen molar-refractivity contribution in [3.63, 3.8) is 0 Å². The Labute approximate surface area is 221 Å². The molecular formula is C24H29Cl2N3O4S2. The lowest BCUT2D eigenvalue weighted by Crippen LogP contribution is -2.43. The number of fused-ring (bicyclic) bond motifs is 1. The maximum atomic E-state index is 13.7. The van der Waals surface area contributed by atoms with Gasteiger partial charge in [0, 0.05) is 36.8 Å². The fourth-order valence-corrected chi connectivity index (χ4v) is 6.39. The van der Waals surface area contributed by atoms with Crippen LogP contribution in [0.5, 0.6) is 0 Å². The van der Waals surface area contributed by atoms with Crippen LogP contribution in [-0.2, 0) is 14.6 Å². The average molecular weight is 559 g/mol. The first kappa shape index (κ1) is 27.8. The zero-order valence-corrected chi connectivity index (χ0v) is 23.1. The molecule has 0 bridgehead atoms. The summed E-state index contributed by atoms with van der Waals surface area (Å²) < 4.78 is 31.7. The van der Waals surface area contributed by atoms with E-state index in [1.54, 1.807) is 30.9 Å². The van der Waals surface area contributed by atoms with Gasteiger partial charge in [0.1, 0.15) is 0 Å². The van der Waals surface area contributed by atoms with Crippen molar-refractivity contribution >= 4 is 66.4 Å². The van der Waals surface area contributed by atoms with Gasteiger partial charge in [0.25, 0.3) is 5.91 Å². The van der Waals surface area contributed by atoms with E-state index in [9.17, 15) is 13.2 Å². The monoisotopic (exact) mass is 557 g/mol. The number of ether oxygens (including phenoxy) is 1. The molecule has 2 aromatic carbocycles. The number of aromatic nitrogens is 1. The van der Waals surface area contributed by atoms with Gasteiger partial charge in [-0.25, -0.2) is 13.4 Å². The third kappa shape index (κ3) is 6.15. The van der Waals surface area contributed by atoms with Gasteiger partial charge in [0.05, 0.1) is 33.6 Å². The van der Waals surface area contributed by atoms with Gasteiger partial charge in [-0.3, -0.25) is 14.6 Å². The zero-order valence-electron chi connectivity index (χ0n) is 19.9. The van der Waals surface area contributed by atoms with Crippen LogP contribution in [0.4, 0.5) is 5.13 Å². The number of hydrogen-bond donors (Lipinski definition) is 0. The number of aryl methyl sites for hydroxylation is 1. The number of amides is 1. The second-order valence-electron chi connectivity index (χ2n) is 8.60. The van der Waals surface area contributed by atoms with E-state index in [4.69, 9.17) is 21.3 Å². The summed E-state index contributed by atoms with van der Waals surface area (Å²) in [6.07, 6.45) is 0. The number of nitrogens with zero attached hydrogens (tertiary/aromatic N) is 3. The summed E-state index contributed by atoms with van der Waals surface area (Å²) in [5, 5.41) is 0.612. The molecule has 0 unspecified atom stereocenters. The van der Waals surface area contributed by atoms with Crippen LogP contribution in [0.15, 0.2) is 41.3 Å². The Morgan fingerprint density at radius 1 is 1.23 bits per heavy atom. The molecule has 7 nitrogen and oxygen atoms in total. The minimum absolute atomic E-state index is 0. The van der Waals surface area contributed by atoms with E-state index in [0.29, 0.717) is 42.0 Å². The first-order valence-electron chi connectivity index (χ1n) is 11.2. The Bertz CT molecular complexity index is 1310. The molecule has 11 heteroatoms. The van der Waals surface area contributed by atoms with Gasteiger partial charge in [0.2, 0.25) is 0 Å². The van der Waals surface area contributed by atoms with E-state index in [1.807, 2.05) is 19.1 Å². The molecule has 3 aromatic rings. The number of anilines is 1. The third-order valence-electron chi connectivity index (χ3n) is 5.89. The summed E-state index contributed by atoms with van der Waals surface area (Å²) in [5.74, 6) is -0.281. The molecule has 0 atom stereocenters. The number of hydrogen-bond acceptors (Lipinski definition) is 7. The van der Waals surface area contributed by atoms with Crippen molar-refractivity contribution < 1.29 is 17.9 Å². The standard InChI is InChI=1S/C24H28ClN3O4S2.ClH/c1-16(2)34(30,31)20-6-4-5-18(14-20)23(29)28(8-7-27-9-11-32-12-10-27)24-26-22-17(3)13-19(25)15-21(22)33-24;/h4-6,13-16H,7-12H2,1-3H3;1H. The molecule has 4 rings (SSSR count). The molecule has 1 aliphatic rings. The van der Waals surface area contributed by atoms with Crippen molar-refractivity contribution in [3.05, 3.63) is 52.5 Å². The van der Waals surface area contributed by atoms with Gasteiger partial charge in [-0.05, 0) is 56.7 Å². The first-order valence-corrected chi connectivity index (χ1v) is 13.9. The van der Waals surface area contributed by atoms with E-state index in [-0.39, 0.29) is 23.2 Å². The van der Waals surface area contributed by atoms with Gasteiger partial charge < -0.3 is 4.74 Å². The van der Waals surface area contributed by atoms with E-state index >= 15 is 0 Å². The summed E-state index contributed by atoms with van der Waals surface area (Å²) in [4.78, 5) is 22.5. The molecule has 0 saturated carbocycles. The minimum Gasteiger partial charge on any atom is -0.379 e. The molecule has 0 N–H and O–H groups in total. The van der Waals surface area contributed by atoms with Crippen molar-refractivity contribution in [2.24, 2.45) is 0 Å². The average Bonchev–Trinajstić information content (AvgIpc) is 3.24. The minimum atomic E-state index is -3.50. The second kappa shape index (κ2) is 11.5. The second-order valence-corrected chi connectivity index (χ2v) is 12.5. The predicted molar refractivity (Wildman–Crippen MR) is 144 cm³/mol. The Balaban J connectivity index is 0.00000342. The number of halogens is 2. The highest BCUT2D eigenvalue weighted by Gasteiger charge is 2.26. The number of rotatable bonds is 7. The number of sulfone groups is 1. The molecule has 1 fully saturated rings. The Morgan fingerprint density at radius 2 is 1.94 bits per heavy atom. The quantitative estimate of drug-likeness (QED) is 0.413. The SMILES string of the molecule is Cc1cc(Cl)cc2sc(N(CCN3CCOCC3)C(=O)c3cccc(S(=O)(=O)C(C)C)c3)nc12.Cl. The van der Waals surface area contributed by atoms with Crippen molar-refractivity contribution in [3.8, 4) is 0 Å². The fraction of sp³-hybridized carbons (Fsp3) is 0.417. The predicted octanol–water partition coefficient (Wildman–Crippen LogP) is 4.84. The highest BCUT2D eigenvalue weighted by atomic mass is 35.5. The van der Waals surface area contributed by atoms with E-state index < -0.39 is 15.1 Å². The normalized spacial score (nSPS) is 14.8.